The first-order valence-corrected chi connectivity index (χ1v) is 9.11. The van der Waals surface area contributed by atoms with E-state index >= 15 is 0 Å². The van der Waals surface area contributed by atoms with E-state index in [1.165, 1.54) is 5.56 Å². The molecule has 1 aromatic carbocycles. The van der Waals surface area contributed by atoms with Crippen molar-refractivity contribution < 1.29 is 9.32 Å². The molecule has 1 N–H and O–H groups in total. The van der Waals surface area contributed by atoms with Crippen molar-refractivity contribution in [1.29, 1.82) is 0 Å². The third kappa shape index (κ3) is 4.10. The van der Waals surface area contributed by atoms with Gasteiger partial charge in [-0.2, -0.15) is 0 Å². The number of carbonyl (C=O) groups excluding carboxylic acids is 1. The monoisotopic (exact) mass is 341 g/mol. The van der Waals surface area contributed by atoms with E-state index in [2.05, 4.69) is 22.3 Å². The molecule has 3 rings (SSSR count). The zero-order chi connectivity index (χ0) is 17.8. The van der Waals surface area contributed by atoms with Crippen molar-refractivity contribution in [2.75, 3.05) is 13.1 Å². The van der Waals surface area contributed by atoms with Crippen LogP contribution in [0.1, 0.15) is 52.7 Å². The van der Waals surface area contributed by atoms with Crippen LogP contribution in [0, 0.1) is 13.8 Å². The van der Waals surface area contributed by atoms with Gasteiger partial charge in [0.2, 0.25) is 0 Å². The lowest BCUT2D eigenvalue weighted by molar-refractivity contribution is 0.0908. The van der Waals surface area contributed by atoms with Crippen LogP contribution in [0.15, 0.2) is 28.8 Å². The highest BCUT2D eigenvalue weighted by Crippen LogP contribution is 2.20. The summed E-state index contributed by atoms with van der Waals surface area (Å²) in [6.07, 6.45) is 2.85. The van der Waals surface area contributed by atoms with Gasteiger partial charge in [-0.1, -0.05) is 30.3 Å². The summed E-state index contributed by atoms with van der Waals surface area (Å²) in [6.45, 7) is 8.91. The van der Waals surface area contributed by atoms with Crippen molar-refractivity contribution in [1.82, 2.24) is 15.4 Å². The van der Waals surface area contributed by atoms with Crippen LogP contribution in [-0.2, 0) is 13.0 Å². The molecule has 1 fully saturated rings. The topological polar surface area (TPSA) is 58.4 Å². The second-order valence-electron chi connectivity index (χ2n) is 6.86. The molecular weight excluding hydrogens is 314 g/mol. The van der Waals surface area contributed by atoms with Gasteiger partial charge in [0, 0.05) is 36.8 Å². The maximum absolute atomic E-state index is 12.5. The Morgan fingerprint density at radius 1 is 1.28 bits per heavy atom. The third-order valence-electron chi connectivity index (χ3n) is 5.10. The molecule has 0 unspecified atom stereocenters. The highest BCUT2D eigenvalue weighted by Gasteiger charge is 2.23. The van der Waals surface area contributed by atoms with E-state index in [0.29, 0.717) is 0 Å². The Morgan fingerprint density at radius 3 is 2.68 bits per heavy atom. The van der Waals surface area contributed by atoms with Gasteiger partial charge < -0.3 is 9.84 Å². The first-order chi connectivity index (χ1) is 12.1. The van der Waals surface area contributed by atoms with E-state index in [9.17, 15) is 4.79 Å². The number of carbonyl (C=O) groups is 1. The Labute approximate surface area is 149 Å². The van der Waals surface area contributed by atoms with E-state index in [1.54, 1.807) is 0 Å². The number of aryl methyl sites for hydroxylation is 3. The quantitative estimate of drug-likeness (QED) is 0.907. The molecule has 0 saturated carbocycles. The van der Waals surface area contributed by atoms with Crippen LogP contribution in [0.3, 0.4) is 0 Å². The first-order valence-electron chi connectivity index (χ1n) is 9.11. The van der Waals surface area contributed by atoms with Gasteiger partial charge in [0.25, 0.3) is 5.91 Å². The minimum absolute atomic E-state index is 0.0414. The predicted octanol–water partition coefficient (Wildman–Crippen LogP) is 3.25. The van der Waals surface area contributed by atoms with E-state index in [1.807, 2.05) is 38.1 Å². The molecule has 134 valence electrons. The number of nitrogens with one attached hydrogen (secondary N) is 1. The lowest BCUT2D eigenvalue weighted by Crippen LogP contribution is -2.44. The molecule has 1 aliphatic heterocycles. The van der Waals surface area contributed by atoms with Crippen molar-refractivity contribution in [2.24, 2.45) is 0 Å². The van der Waals surface area contributed by atoms with Crippen LogP contribution in [0.2, 0.25) is 0 Å². The van der Waals surface area contributed by atoms with E-state index < -0.39 is 0 Å². The first kappa shape index (κ1) is 17.7. The fourth-order valence-electron chi connectivity index (χ4n) is 3.47. The molecule has 1 aromatic heterocycles. The van der Waals surface area contributed by atoms with Gasteiger partial charge in [-0.3, -0.25) is 9.69 Å². The summed E-state index contributed by atoms with van der Waals surface area (Å²) in [6, 6.07) is 7.99. The van der Waals surface area contributed by atoms with Crippen molar-refractivity contribution in [3.63, 3.8) is 0 Å². The average Bonchev–Trinajstić information content (AvgIpc) is 2.97. The van der Waals surface area contributed by atoms with Gasteiger partial charge in [0.05, 0.1) is 5.69 Å². The summed E-state index contributed by atoms with van der Waals surface area (Å²) < 4.78 is 5.33. The number of amides is 1. The van der Waals surface area contributed by atoms with Crippen molar-refractivity contribution in [3.8, 4) is 0 Å². The Morgan fingerprint density at radius 2 is 2.00 bits per heavy atom. The molecular formula is C20H27N3O2. The van der Waals surface area contributed by atoms with Crippen LogP contribution in [-0.4, -0.2) is 35.1 Å². The summed E-state index contributed by atoms with van der Waals surface area (Å²) in [5.74, 6) is 0.964. The maximum atomic E-state index is 12.5. The van der Waals surface area contributed by atoms with Crippen LogP contribution in [0.4, 0.5) is 0 Å². The minimum atomic E-state index is 0.0414. The smallest absolute Gasteiger partial charge is 0.251 e. The fourth-order valence-corrected chi connectivity index (χ4v) is 3.47. The van der Waals surface area contributed by atoms with E-state index in [0.717, 1.165) is 61.5 Å². The van der Waals surface area contributed by atoms with Gasteiger partial charge in [0.15, 0.2) is 0 Å². The molecule has 0 aliphatic carbocycles. The molecule has 1 amide bonds. The van der Waals surface area contributed by atoms with E-state index in [-0.39, 0.29) is 11.9 Å². The molecule has 2 aromatic rings. The highest BCUT2D eigenvalue weighted by atomic mass is 16.5. The summed E-state index contributed by atoms with van der Waals surface area (Å²) in [5.41, 5.74) is 4.09. The zero-order valence-corrected chi connectivity index (χ0v) is 15.3. The Balaban J connectivity index is 1.53. The average molecular weight is 341 g/mol. The number of benzene rings is 1. The van der Waals surface area contributed by atoms with Gasteiger partial charge in [0.1, 0.15) is 5.76 Å². The Bertz CT molecular complexity index is 730. The summed E-state index contributed by atoms with van der Waals surface area (Å²) >= 11 is 0. The van der Waals surface area contributed by atoms with Crippen molar-refractivity contribution in [3.05, 3.63) is 52.4 Å². The SMILES string of the molecule is CCc1noc(C)c1CN1CCC(NC(=O)c2ccccc2C)CC1. The maximum Gasteiger partial charge on any atom is 0.251 e. The number of hydrogen-bond donors (Lipinski definition) is 1. The van der Waals surface area contributed by atoms with Crippen molar-refractivity contribution in [2.45, 2.75) is 52.6 Å². The Kier molecular flexibility index (Phi) is 5.53. The molecule has 1 saturated heterocycles. The summed E-state index contributed by atoms with van der Waals surface area (Å²) in [4.78, 5) is 14.9. The molecule has 25 heavy (non-hydrogen) atoms. The lowest BCUT2D eigenvalue weighted by Gasteiger charge is -2.32. The second kappa shape index (κ2) is 7.83. The summed E-state index contributed by atoms with van der Waals surface area (Å²) in [7, 11) is 0. The Hall–Kier alpha value is -2.14. The molecule has 5 nitrogen and oxygen atoms in total. The van der Waals surface area contributed by atoms with Gasteiger partial charge in [-0.15, -0.1) is 0 Å². The van der Waals surface area contributed by atoms with Crippen LogP contribution >= 0.6 is 0 Å². The molecule has 1 aliphatic rings. The van der Waals surface area contributed by atoms with Crippen LogP contribution in [0.5, 0.6) is 0 Å². The third-order valence-corrected chi connectivity index (χ3v) is 5.10. The standard InChI is InChI=1S/C20H27N3O2/c1-4-19-18(15(3)25-22-19)13-23-11-9-16(10-12-23)21-20(24)17-8-6-5-7-14(17)2/h5-8,16H,4,9-13H2,1-3H3,(H,21,24). The second-order valence-corrected chi connectivity index (χ2v) is 6.86. The number of hydrogen-bond acceptors (Lipinski definition) is 4. The number of aromatic nitrogens is 1. The fraction of sp³-hybridized carbons (Fsp3) is 0.500. The van der Waals surface area contributed by atoms with Crippen LogP contribution in [0.25, 0.3) is 0 Å². The summed E-state index contributed by atoms with van der Waals surface area (Å²) in [5, 5.41) is 7.33. The normalized spacial score (nSPS) is 16.1. The minimum Gasteiger partial charge on any atom is -0.361 e. The predicted molar refractivity (Wildman–Crippen MR) is 97.6 cm³/mol. The molecule has 0 spiro atoms. The number of nitrogens with zero attached hydrogens (tertiary/aromatic N) is 2. The van der Waals surface area contributed by atoms with Gasteiger partial charge >= 0.3 is 0 Å². The van der Waals surface area contributed by atoms with Gasteiger partial charge in [-0.25, -0.2) is 0 Å². The van der Waals surface area contributed by atoms with E-state index in [4.69, 9.17) is 4.52 Å². The zero-order valence-electron chi connectivity index (χ0n) is 15.3. The molecule has 5 heteroatoms. The number of rotatable bonds is 5. The molecule has 0 radical (unpaired) electrons. The number of piperidine rings is 1. The van der Waals surface area contributed by atoms with Gasteiger partial charge in [-0.05, 0) is 44.7 Å². The number of likely N-dealkylation sites (tertiary alicyclic amines) is 1. The molecule has 2 heterocycles. The lowest BCUT2D eigenvalue weighted by atomic mass is 10.0. The van der Waals surface area contributed by atoms with Crippen molar-refractivity contribution >= 4 is 5.91 Å². The van der Waals surface area contributed by atoms with Crippen LogP contribution < -0.4 is 5.32 Å². The largest absolute Gasteiger partial charge is 0.361 e. The highest BCUT2D eigenvalue weighted by molar-refractivity contribution is 5.95. The molecule has 0 bridgehead atoms. The molecule has 0 atom stereocenters.